The molecule has 0 aliphatic heterocycles. The van der Waals surface area contributed by atoms with Crippen LogP contribution in [0, 0.1) is 6.92 Å². The fraction of sp³-hybridized carbons (Fsp3) is 0.250. The van der Waals surface area contributed by atoms with Crippen LogP contribution in [0.5, 0.6) is 11.5 Å². The van der Waals surface area contributed by atoms with Gasteiger partial charge >= 0.3 is 0 Å². The van der Waals surface area contributed by atoms with E-state index in [4.69, 9.17) is 9.47 Å². The predicted molar refractivity (Wildman–Crippen MR) is 84.8 cm³/mol. The van der Waals surface area contributed by atoms with E-state index < -0.39 is 10.0 Å². The topological polar surface area (TPSA) is 64.6 Å². The number of nitrogens with one attached hydrogen (secondary N) is 1. The molecule has 2 rings (SSSR count). The molecule has 0 spiro atoms. The molecular weight excluding hydrogens is 302 g/mol. The molecule has 1 N–H and O–H groups in total. The molecule has 0 saturated heterocycles. The maximum absolute atomic E-state index is 12.3. The van der Waals surface area contributed by atoms with Crippen molar-refractivity contribution in [2.24, 2.45) is 0 Å². The Morgan fingerprint density at radius 3 is 2.36 bits per heavy atom. The van der Waals surface area contributed by atoms with Gasteiger partial charge in [-0.05, 0) is 42.3 Å². The zero-order valence-electron chi connectivity index (χ0n) is 12.8. The highest BCUT2D eigenvalue weighted by molar-refractivity contribution is 7.89. The lowest BCUT2D eigenvalue weighted by Crippen LogP contribution is -2.23. The van der Waals surface area contributed by atoms with E-state index in [1.165, 1.54) is 0 Å². The lowest BCUT2D eigenvalue weighted by molar-refractivity contribution is 0.354. The summed E-state index contributed by atoms with van der Waals surface area (Å²) in [5.41, 5.74) is 1.68. The molecule has 0 saturated carbocycles. The first-order valence-corrected chi connectivity index (χ1v) is 8.22. The third kappa shape index (κ3) is 3.78. The Kier molecular flexibility index (Phi) is 5.05. The Bertz CT molecular complexity index is 756. The standard InChI is InChI=1S/C16H19NO4S/c1-12-5-4-6-14(9-12)22(18,19)17-11-13-7-8-15(20-2)16(10-13)21-3/h4-10,17H,11H2,1-3H3. The van der Waals surface area contributed by atoms with Crippen molar-refractivity contribution >= 4 is 10.0 Å². The van der Waals surface area contributed by atoms with Gasteiger partial charge in [-0.15, -0.1) is 0 Å². The van der Waals surface area contributed by atoms with Gasteiger partial charge in [-0.1, -0.05) is 18.2 Å². The van der Waals surface area contributed by atoms with E-state index in [0.29, 0.717) is 11.5 Å². The fourth-order valence-electron chi connectivity index (χ4n) is 2.03. The van der Waals surface area contributed by atoms with Crippen LogP contribution in [-0.2, 0) is 16.6 Å². The minimum Gasteiger partial charge on any atom is -0.493 e. The first-order valence-electron chi connectivity index (χ1n) is 6.73. The summed E-state index contributed by atoms with van der Waals surface area (Å²) in [6.45, 7) is 2.03. The van der Waals surface area contributed by atoms with Crippen LogP contribution in [0.1, 0.15) is 11.1 Å². The van der Waals surface area contributed by atoms with Gasteiger partial charge in [0.05, 0.1) is 19.1 Å². The monoisotopic (exact) mass is 321 g/mol. The van der Waals surface area contributed by atoms with Crippen LogP contribution >= 0.6 is 0 Å². The number of benzene rings is 2. The van der Waals surface area contributed by atoms with Gasteiger partial charge in [-0.3, -0.25) is 0 Å². The van der Waals surface area contributed by atoms with Crippen molar-refractivity contribution in [2.75, 3.05) is 14.2 Å². The number of methoxy groups -OCH3 is 2. The number of aryl methyl sites for hydroxylation is 1. The highest BCUT2D eigenvalue weighted by Crippen LogP contribution is 2.27. The van der Waals surface area contributed by atoms with E-state index in [-0.39, 0.29) is 11.4 Å². The smallest absolute Gasteiger partial charge is 0.240 e. The van der Waals surface area contributed by atoms with E-state index in [1.807, 2.05) is 13.0 Å². The summed E-state index contributed by atoms with van der Waals surface area (Å²) in [5, 5.41) is 0. The van der Waals surface area contributed by atoms with Gasteiger partial charge in [0.1, 0.15) is 0 Å². The maximum atomic E-state index is 12.3. The van der Waals surface area contributed by atoms with Crippen molar-refractivity contribution < 1.29 is 17.9 Å². The highest BCUT2D eigenvalue weighted by Gasteiger charge is 2.14. The molecule has 2 aromatic carbocycles. The molecule has 0 amide bonds. The van der Waals surface area contributed by atoms with Crippen molar-refractivity contribution in [2.45, 2.75) is 18.4 Å². The van der Waals surface area contributed by atoms with Crippen molar-refractivity contribution in [1.82, 2.24) is 4.72 Å². The average Bonchev–Trinajstić information content (AvgIpc) is 2.52. The molecule has 0 aliphatic rings. The summed E-state index contributed by atoms with van der Waals surface area (Å²) in [6.07, 6.45) is 0. The quantitative estimate of drug-likeness (QED) is 0.888. The molecule has 22 heavy (non-hydrogen) atoms. The van der Waals surface area contributed by atoms with Gasteiger partial charge in [-0.25, -0.2) is 13.1 Å². The van der Waals surface area contributed by atoms with Crippen molar-refractivity contribution in [3.63, 3.8) is 0 Å². The van der Waals surface area contributed by atoms with E-state index in [1.54, 1.807) is 50.6 Å². The molecule has 0 atom stereocenters. The molecule has 0 fully saturated rings. The lowest BCUT2D eigenvalue weighted by Gasteiger charge is -2.11. The SMILES string of the molecule is COc1ccc(CNS(=O)(=O)c2cccc(C)c2)cc1OC. The summed E-state index contributed by atoms with van der Waals surface area (Å²) in [6, 6.07) is 12.1. The lowest BCUT2D eigenvalue weighted by atomic mass is 10.2. The van der Waals surface area contributed by atoms with Crippen molar-refractivity contribution in [3.8, 4) is 11.5 Å². The van der Waals surface area contributed by atoms with Crippen LogP contribution in [0.25, 0.3) is 0 Å². The second-order valence-corrected chi connectivity index (χ2v) is 6.60. The van der Waals surface area contributed by atoms with E-state index in [0.717, 1.165) is 11.1 Å². The highest BCUT2D eigenvalue weighted by atomic mass is 32.2. The van der Waals surface area contributed by atoms with Crippen LogP contribution in [0.15, 0.2) is 47.4 Å². The number of ether oxygens (including phenoxy) is 2. The number of sulfonamides is 1. The summed E-state index contributed by atoms with van der Waals surface area (Å²) in [5.74, 6) is 1.17. The van der Waals surface area contributed by atoms with Gasteiger partial charge in [0.25, 0.3) is 0 Å². The molecule has 0 unspecified atom stereocenters. The van der Waals surface area contributed by atoms with Crippen LogP contribution in [-0.4, -0.2) is 22.6 Å². The Labute approximate surface area is 130 Å². The second kappa shape index (κ2) is 6.81. The zero-order chi connectivity index (χ0) is 16.2. The first-order chi connectivity index (χ1) is 10.5. The summed E-state index contributed by atoms with van der Waals surface area (Å²) in [7, 11) is -0.445. The van der Waals surface area contributed by atoms with Gasteiger partial charge in [0, 0.05) is 6.54 Å². The minimum atomic E-state index is -3.54. The van der Waals surface area contributed by atoms with E-state index in [2.05, 4.69) is 4.72 Å². The van der Waals surface area contributed by atoms with E-state index in [9.17, 15) is 8.42 Å². The van der Waals surface area contributed by atoms with Gasteiger partial charge in [0.15, 0.2) is 11.5 Å². The Balaban J connectivity index is 2.15. The normalized spacial score (nSPS) is 11.2. The van der Waals surface area contributed by atoms with Gasteiger partial charge in [-0.2, -0.15) is 0 Å². The average molecular weight is 321 g/mol. The van der Waals surface area contributed by atoms with E-state index >= 15 is 0 Å². The van der Waals surface area contributed by atoms with Crippen LogP contribution in [0.3, 0.4) is 0 Å². The van der Waals surface area contributed by atoms with Crippen LogP contribution in [0.4, 0.5) is 0 Å². The molecule has 0 aromatic heterocycles. The van der Waals surface area contributed by atoms with Gasteiger partial charge in [0.2, 0.25) is 10.0 Å². The predicted octanol–water partition coefficient (Wildman–Crippen LogP) is 2.49. The van der Waals surface area contributed by atoms with Gasteiger partial charge < -0.3 is 9.47 Å². The fourth-order valence-corrected chi connectivity index (χ4v) is 3.16. The number of hydrogen-bond donors (Lipinski definition) is 1. The second-order valence-electron chi connectivity index (χ2n) is 4.83. The molecule has 5 nitrogen and oxygen atoms in total. The van der Waals surface area contributed by atoms with Crippen molar-refractivity contribution in [3.05, 3.63) is 53.6 Å². The third-order valence-corrected chi connectivity index (χ3v) is 4.61. The van der Waals surface area contributed by atoms with Crippen LogP contribution in [0.2, 0.25) is 0 Å². The Morgan fingerprint density at radius 1 is 1.00 bits per heavy atom. The Morgan fingerprint density at radius 2 is 1.73 bits per heavy atom. The zero-order valence-corrected chi connectivity index (χ0v) is 13.6. The molecule has 0 heterocycles. The summed E-state index contributed by atoms with van der Waals surface area (Å²) >= 11 is 0. The van der Waals surface area contributed by atoms with Crippen LogP contribution < -0.4 is 14.2 Å². The molecule has 0 bridgehead atoms. The molecular formula is C16H19NO4S. The third-order valence-electron chi connectivity index (χ3n) is 3.21. The molecule has 0 radical (unpaired) electrons. The Hall–Kier alpha value is -2.05. The first kappa shape index (κ1) is 16.3. The molecule has 0 aliphatic carbocycles. The molecule has 118 valence electrons. The summed E-state index contributed by atoms with van der Waals surface area (Å²) < 4.78 is 37.5. The number of rotatable bonds is 6. The molecule has 2 aromatic rings. The number of hydrogen-bond acceptors (Lipinski definition) is 4. The summed E-state index contributed by atoms with van der Waals surface area (Å²) in [4.78, 5) is 0.257. The maximum Gasteiger partial charge on any atom is 0.240 e. The largest absolute Gasteiger partial charge is 0.493 e. The molecule has 6 heteroatoms. The van der Waals surface area contributed by atoms with Crippen molar-refractivity contribution in [1.29, 1.82) is 0 Å². The minimum absolute atomic E-state index is 0.177.